The van der Waals surface area contributed by atoms with Gasteiger partial charge in [0.25, 0.3) is 0 Å². The number of ether oxygens (including phenoxy) is 1. The third-order valence-corrected chi connectivity index (χ3v) is 1.36. The van der Waals surface area contributed by atoms with Crippen molar-refractivity contribution < 1.29 is 14.3 Å². The second kappa shape index (κ2) is 3.61. The van der Waals surface area contributed by atoms with E-state index in [1.54, 1.807) is 0 Å². The van der Waals surface area contributed by atoms with Crippen molar-refractivity contribution in [3.63, 3.8) is 0 Å². The van der Waals surface area contributed by atoms with Crippen LogP contribution in [0.5, 0.6) is 0 Å². The number of hydrogen-bond donors (Lipinski definition) is 3. The Morgan fingerprint density at radius 2 is 2.31 bits per heavy atom. The highest BCUT2D eigenvalue weighted by Gasteiger charge is 2.08. The topological polar surface area (TPSA) is 97.2 Å². The van der Waals surface area contributed by atoms with Crippen LogP contribution in [0.15, 0.2) is 12.3 Å². The normalized spacial score (nSPS) is 9.31. The van der Waals surface area contributed by atoms with Gasteiger partial charge in [-0.1, -0.05) is 0 Å². The maximum absolute atomic E-state index is 10.9. The molecule has 0 aliphatic heterocycles. The molecule has 13 heavy (non-hydrogen) atoms. The molecule has 0 spiro atoms. The number of nitrogens with one attached hydrogen (secondary N) is 2. The first-order chi connectivity index (χ1) is 6.13. The number of urea groups is 1. The Balaban J connectivity index is 2.74. The number of amides is 2. The van der Waals surface area contributed by atoms with E-state index < -0.39 is 12.0 Å². The molecule has 0 bridgehead atoms. The number of hydrogen-bond acceptors (Lipinski definition) is 3. The van der Waals surface area contributed by atoms with Crippen molar-refractivity contribution in [2.45, 2.75) is 0 Å². The molecule has 6 heteroatoms. The zero-order valence-electron chi connectivity index (χ0n) is 6.96. The highest BCUT2D eigenvalue weighted by Crippen LogP contribution is 2.09. The zero-order chi connectivity index (χ0) is 9.84. The van der Waals surface area contributed by atoms with Crippen LogP contribution >= 0.6 is 0 Å². The summed E-state index contributed by atoms with van der Waals surface area (Å²) in [5.41, 5.74) is 5.54. The molecule has 0 fully saturated rings. The number of methoxy groups -OCH3 is 1. The van der Waals surface area contributed by atoms with Crippen LogP contribution in [-0.4, -0.2) is 24.1 Å². The molecule has 0 radical (unpaired) electrons. The third kappa shape index (κ3) is 2.22. The molecular formula is C7H9N3O3. The van der Waals surface area contributed by atoms with E-state index in [4.69, 9.17) is 5.73 Å². The van der Waals surface area contributed by atoms with Gasteiger partial charge in [0.05, 0.1) is 12.8 Å². The Bertz CT molecular complexity index is 331. The molecule has 0 atom stereocenters. The van der Waals surface area contributed by atoms with Crippen LogP contribution in [0.4, 0.5) is 10.5 Å². The lowest BCUT2D eigenvalue weighted by Gasteiger charge is -1.94. The van der Waals surface area contributed by atoms with E-state index in [-0.39, 0.29) is 5.69 Å². The molecule has 0 saturated heterocycles. The number of rotatable bonds is 2. The minimum atomic E-state index is -0.685. The summed E-state index contributed by atoms with van der Waals surface area (Å²) in [5, 5.41) is 2.30. The highest BCUT2D eigenvalue weighted by atomic mass is 16.5. The van der Waals surface area contributed by atoms with E-state index in [0.29, 0.717) is 5.69 Å². The van der Waals surface area contributed by atoms with E-state index in [1.807, 2.05) is 0 Å². The molecule has 0 aromatic carbocycles. The van der Waals surface area contributed by atoms with Crippen LogP contribution in [-0.2, 0) is 4.74 Å². The van der Waals surface area contributed by atoms with Gasteiger partial charge in [-0.3, -0.25) is 0 Å². The number of aromatic nitrogens is 1. The molecule has 2 amide bonds. The molecule has 1 rings (SSSR count). The summed E-state index contributed by atoms with van der Waals surface area (Å²) in [6, 6.07) is 0.742. The molecule has 6 nitrogen and oxygen atoms in total. The fraction of sp³-hybridized carbons (Fsp3) is 0.143. The first-order valence-corrected chi connectivity index (χ1v) is 3.46. The number of esters is 1. The van der Waals surface area contributed by atoms with Crippen molar-refractivity contribution in [3.05, 3.63) is 18.0 Å². The van der Waals surface area contributed by atoms with E-state index >= 15 is 0 Å². The molecule has 1 aromatic heterocycles. The van der Waals surface area contributed by atoms with Crippen LogP contribution in [0.25, 0.3) is 0 Å². The minimum absolute atomic E-state index is 0.256. The molecule has 0 aliphatic carbocycles. The average Bonchev–Trinajstić information content (AvgIpc) is 2.50. The predicted octanol–water partition coefficient (Wildman–Crippen LogP) is 0.292. The maximum atomic E-state index is 10.9. The monoisotopic (exact) mass is 183 g/mol. The van der Waals surface area contributed by atoms with Gasteiger partial charge >= 0.3 is 12.0 Å². The molecule has 4 N–H and O–H groups in total. The quantitative estimate of drug-likeness (QED) is 0.575. The van der Waals surface area contributed by atoms with Gasteiger partial charge in [0.1, 0.15) is 5.69 Å². The molecule has 70 valence electrons. The van der Waals surface area contributed by atoms with Crippen molar-refractivity contribution in [3.8, 4) is 0 Å². The van der Waals surface area contributed by atoms with E-state index in [1.165, 1.54) is 19.4 Å². The lowest BCUT2D eigenvalue weighted by atomic mass is 10.4. The molecular weight excluding hydrogens is 174 g/mol. The van der Waals surface area contributed by atoms with Gasteiger partial charge in [-0.25, -0.2) is 9.59 Å². The highest BCUT2D eigenvalue weighted by molar-refractivity contribution is 5.92. The Kier molecular flexibility index (Phi) is 2.53. The van der Waals surface area contributed by atoms with Crippen molar-refractivity contribution in [2.24, 2.45) is 5.73 Å². The maximum Gasteiger partial charge on any atom is 0.354 e. The number of anilines is 1. The van der Waals surface area contributed by atoms with Gasteiger partial charge in [0, 0.05) is 6.20 Å². The standard InChI is InChI=1S/C7H9N3O3/c1-13-6(11)5-2-4(3-9-5)10-7(8)12/h2-3,9H,1H3,(H3,8,10,12). The lowest BCUT2D eigenvalue weighted by Crippen LogP contribution is -2.18. The first-order valence-electron chi connectivity index (χ1n) is 3.46. The van der Waals surface area contributed by atoms with E-state index in [9.17, 15) is 9.59 Å². The Labute approximate surface area is 74.1 Å². The number of primary amides is 1. The number of aromatic amines is 1. The summed E-state index contributed by atoms with van der Waals surface area (Å²) in [6.45, 7) is 0. The van der Waals surface area contributed by atoms with E-state index in [2.05, 4.69) is 15.0 Å². The molecule has 1 aromatic rings. The second-order valence-electron chi connectivity index (χ2n) is 2.28. The molecule has 0 aliphatic rings. The first kappa shape index (κ1) is 9.11. The Morgan fingerprint density at radius 3 is 2.85 bits per heavy atom. The van der Waals surface area contributed by atoms with Crippen molar-refractivity contribution in [1.82, 2.24) is 4.98 Å². The van der Waals surface area contributed by atoms with Gasteiger partial charge in [0.15, 0.2) is 0 Å². The SMILES string of the molecule is COC(=O)c1cc(NC(N)=O)c[nH]1. The van der Waals surface area contributed by atoms with Crippen molar-refractivity contribution in [1.29, 1.82) is 0 Å². The van der Waals surface area contributed by atoms with Gasteiger partial charge in [0.2, 0.25) is 0 Å². The molecule has 0 saturated carbocycles. The summed E-state index contributed by atoms with van der Waals surface area (Å²) < 4.78 is 4.44. The molecule has 0 unspecified atom stereocenters. The van der Waals surface area contributed by atoms with Crippen LogP contribution in [0.3, 0.4) is 0 Å². The Hall–Kier alpha value is -1.98. The van der Waals surface area contributed by atoms with Crippen LogP contribution in [0.1, 0.15) is 10.5 Å². The fourth-order valence-corrected chi connectivity index (χ4v) is 0.837. The smallest absolute Gasteiger partial charge is 0.354 e. The largest absolute Gasteiger partial charge is 0.464 e. The summed E-state index contributed by atoms with van der Waals surface area (Å²) >= 11 is 0. The third-order valence-electron chi connectivity index (χ3n) is 1.36. The van der Waals surface area contributed by atoms with Crippen LogP contribution in [0.2, 0.25) is 0 Å². The predicted molar refractivity (Wildman–Crippen MR) is 45.3 cm³/mol. The minimum Gasteiger partial charge on any atom is -0.464 e. The number of carbonyl (C=O) groups is 2. The van der Waals surface area contributed by atoms with Crippen molar-refractivity contribution in [2.75, 3.05) is 12.4 Å². The summed E-state index contributed by atoms with van der Waals surface area (Å²) in [6.07, 6.45) is 1.44. The summed E-state index contributed by atoms with van der Waals surface area (Å²) in [7, 11) is 1.27. The lowest BCUT2D eigenvalue weighted by molar-refractivity contribution is 0.0595. The number of H-pyrrole nitrogens is 1. The molecule has 1 heterocycles. The zero-order valence-corrected chi connectivity index (χ0v) is 6.96. The van der Waals surface area contributed by atoms with Gasteiger partial charge < -0.3 is 20.8 Å². The van der Waals surface area contributed by atoms with Gasteiger partial charge in [-0.05, 0) is 6.07 Å². The number of carbonyl (C=O) groups excluding carboxylic acids is 2. The van der Waals surface area contributed by atoms with Gasteiger partial charge in [-0.15, -0.1) is 0 Å². The van der Waals surface area contributed by atoms with Crippen molar-refractivity contribution >= 4 is 17.7 Å². The summed E-state index contributed by atoms with van der Waals surface area (Å²) in [4.78, 5) is 23.9. The Morgan fingerprint density at radius 1 is 1.62 bits per heavy atom. The number of nitrogens with two attached hydrogens (primary N) is 1. The summed E-state index contributed by atoms with van der Waals surface area (Å²) in [5.74, 6) is -0.502. The second-order valence-corrected chi connectivity index (χ2v) is 2.28. The van der Waals surface area contributed by atoms with Crippen LogP contribution < -0.4 is 11.1 Å². The van der Waals surface area contributed by atoms with Crippen LogP contribution in [0, 0.1) is 0 Å². The average molecular weight is 183 g/mol. The fourth-order valence-electron chi connectivity index (χ4n) is 0.837. The van der Waals surface area contributed by atoms with Gasteiger partial charge in [-0.2, -0.15) is 0 Å². The van der Waals surface area contributed by atoms with E-state index in [0.717, 1.165) is 0 Å².